The molecule has 0 spiro atoms. The number of fused-ring (bicyclic) bond motifs is 8. The lowest BCUT2D eigenvalue weighted by molar-refractivity contribution is 1.01. The predicted molar refractivity (Wildman–Crippen MR) is 217 cm³/mol. The van der Waals surface area contributed by atoms with E-state index in [4.69, 9.17) is 9.97 Å². The van der Waals surface area contributed by atoms with Crippen molar-refractivity contribution in [1.29, 1.82) is 0 Å². The maximum Gasteiger partial charge on any atom is 0.235 e. The van der Waals surface area contributed by atoms with E-state index in [9.17, 15) is 0 Å². The molecule has 0 aliphatic carbocycles. The second-order valence-corrected chi connectivity index (χ2v) is 13.5. The van der Waals surface area contributed by atoms with Gasteiger partial charge in [-0.15, -0.1) is 0 Å². The zero-order valence-electron chi connectivity index (χ0n) is 28.1. The molecule has 4 heteroatoms. The van der Waals surface area contributed by atoms with Crippen molar-refractivity contribution in [2.75, 3.05) is 0 Å². The summed E-state index contributed by atoms with van der Waals surface area (Å²) in [6, 6.07) is 62.7. The minimum absolute atomic E-state index is 0.652. The Labute approximate surface area is 299 Å². The normalized spacial score (nSPS) is 11.8. The number of para-hydroxylation sites is 2. The number of aromatic nitrogens is 4. The molecule has 3 heterocycles. The predicted octanol–water partition coefficient (Wildman–Crippen LogP) is 12.3. The summed E-state index contributed by atoms with van der Waals surface area (Å²) in [7, 11) is 0. The summed E-state index contributed by atoms with van der Waals surface area (Å²) < 4.78 is 4.53. The van der Waals surface area contributed by atoms with Gasteiger partial charge in [-0.05, 0) is 75.1 Å². The zero-order chi connectivity index (χ0) is 34.2. The molecular weight excluding hydrogens is 633 g/mol. The van der Waals surface area contributed by atoms with Gasteiger partial charge in [0.05, 0.1) is 27.8 Å². The van der Waals surface area contributed by atoms with E-state index in [1.54, 1.807) is 0 Å². The second-order valence-electron chi connectivity index (χ2n) is 13.5. The third-order valence-corrected chi connectivity index (χ3v) is 10.6. The van der Waals surface area contributed by atoms with Crippen molar-refractivity contribution in [2.45, 2.75) is 0 Å². The van der Waals surface area contributed by atoms with Gasteiger partial charge in [0.15, 0.2) is 0 Å². The average molecular weight is 663 g/mol. The number of benzene rings is 8. The third kappa shape index (κ3) is 4.34. The summed E-state index contributed by atoms with van der Waals surface area (Å²) >= 11 is 0. The van der Waals surface area contributed by atoms with E-state index in [0.717, 1.165) is 44.4 Å². The number of hydrogen-bond acceptors (Lipinski definition) is 2. The number of nitrogens with zero attached hydrogens (tertiary/aromatic N) is 4. The lowest BCUT2D eigenvalue weighted by Crippen LogP contribution is -2.03. The molecule has 0 aliphatic rings. The summed E-state index contributed by atoms with van der Waals surface area (Å²) in [5, 5.41) is 9.52. The molecule has 0 unspecified atom stereocenters. The van der Waals surface area contributed by atoms with Crippen molar-refractivity contribution in [2.24, 2.45) is 0 Å². The molecule has 4 nitrogen and oxygen atoms in total. The molecule has 0 N–H and O–H groups in total. The molecule has 0 bridgehead atoms. The monoisotopic (exact) mass is 662 g/mol. The van der Waals surface area contributed by atoms with Crippen LogP contribution in [0.4, 0.5) is 0 Å². The lowest BCUT2D eigenvalue weighted by atomic mass is 9.96. The zero-order valence-corrected chi connectivity index (χ0v) is 28.1. The molecule has 0 amide bonds. The fourth-order valence-corrected chi connectivity index (χ4v) is 8.11. The molecule has 8 aromatic carbocycles. The molecule has 52 heavy (non-hydrogen) atoms. The van der Waals surface area contributed by atoms with E-state index in [1.807, 2.05) is 0 Å². The summed E-state index contributed by atoms with van der Waals surface area (Å²) in [4.78, 5) is 10.7. The summed E-state index contributed by atoms with van der Waals surface area (Å²) in [5.74, 6) is 0.652. The van der Waals surface area contributed by atoms with Gasteiger partial charge in [0.2, 0.25) is 5.95 Å². The number of hydrogen-bond donors (Lipinski definition) is 0. The fourth-order valence-electron chi connectivity index (χ4n) is 8.11. The Morgan fingerprint density at radius 1 is 0.404 bits per heavy atom. The molecule has 242 valence electrons. The van der Waals surface area contributed by atoms with E-state index in [-0.39, 0.29) is 0 Å². The van der Waals surface area contributed by atoms with Gasteiger partial charge in [0, 0.05) is 39.0 Å². The average Bonchev–Trinajstić information content (AvgIpc) is 3.78. The van der Waals surface area contributed by atoms with E-state index in [0.29, 0.717) is 5.95 Å². The van der Waals surface area contributed by atoms with Crippen molar-refractivity contribution in [3.63, 3.8) is 0 Å². The Morgan fingerprint density at radius 2 is 1.10 bits per heavy atom. The van der Waals surface area contributed by atoms with Crippen molar-refractivity contribution in [3.8, 4) is 34.0 Å². The van der Waals surface area contributed by atoms with Crippen molar-refractivity contribution in [3.05, 3.63) is 182 Å². The molecule has 0 saturated carbocycles. The van der Waals surface area contributed by atoms with E-state index in [2.05, 4.69) is 191 Å². The van der Waals surface area contributed by atoms with Crippen LogP contribution in [0.15, 0.2) is 182 Å². The Hall–Kier alpha value is -7.04. The fraction of sp³-hybridized carbons (Fsp3) is 0. The SMILES string of the molecule is c1ccc(-n2ccc3cc4c5c6ccccc6ccc5n(-c5nc(-c6ccc(-c7cccc8ccccc78)cc6)c6ccccc6n5)c4cc32)cc1. The summed E-state index contributed by atoms with van der Waals surface area (Å²) in [6.45, 7) is 0. The van der Waals surface area contributed by atoms with Gasteiger partial charge < -0.3 is 4.57 Å². The summed E-state index contributed by atoms with van der Waals surface area (Å²) in [6.07, 6.45) is 2.16. The topological polar surface area (TPSA) is 35.6 Å². The molecule has 0 aliphatic heterocycles. The smallest absolute Gasteiger partial charge is 0.235 e. The molecule has 0 radical (unpaired) electrons. The van der Waals surface area contributed by atoms with Crippen molar-refractivity contribution < 1.29 is 0 Å². The highest BCUT2D eigenvalue weighted by Gasteiger charge is 2.20. The van der Waals surface area contributed by atoms with Crippen LogP contribution in [0.1, 0.15) is 0 Å². The van der Waals surface area contributed by atoms with Crippen LogP contribution in [0.5, 0.6) is 0 Å². The first-order valence-corrected chi connectivity index (χ1v) is 17.7. The minimum atomic E-state index is 0.652. The first-order chi connectivity index (χ1) is 25.8. The summed E-state index contributed by atoms with van der Waals surface area (Å²) in [5.41, 5.74) is 9.69. The van der Waals surface area contributed by atoms with E-state index >= 15 is 0 Å². The Balaban J connectivity index is 1.17. The standard InChI is InChI=1S/C48H30N4/c1-2-14-36(15-3-1)51-28-27-35-29-41-45(30-44(35)51)52(43-26-25-32-12-5-7-17-39(32)46(41)43)48-49-42-20-9-8-18-40(42)47(50-48)34-23-21-33(22-24-34)38-19-10-13-31-11-4-6-16-37(31)38/h1-30H. The minimum Gasteiger partial charge on any atom is -0.316 e. The molecule has 0 saturated heterocycles. The maximum atomic E-state index is 5.44. The first kappa shape index (κ1) is 28.8. The molecule has 0 fully saturated rings. The van der Waals surface area contributed by atoms with Crippen LogP contribution >= 0.6 is 0 Å². The van der Waals surface area contributed by atoms with Crippen LogP contribution < -0.4 is 0 Å². The van der Waals surface area contributed by atoms with Gasteiger partial charge in [-0.1, -0.05) is 133 Å². The van der Waals surface area contributed by atoms with Crippen LogP contribution in [0, 0.1) is 0 Å². The van der Waals surface area contributed by atoms with E-state index in [1.165, 1.54) is 48.8 Å². The highest BCUT2D eigenvalue weighted by atomic mass is 15.2. The maximum absolute atomic E-state index is 5.44. The van der Waals surface area contributed by atoms with E-state index < -0.39 is 0 Å². The second kappa shape index (κ2) is 11.2. The van der Waals surface area contributed by atoms with Gasteiger partial charge in [-0.3, -0.25) is 4.57 Å². The van der Waals surface area contributed by atoms with Gasteiger partial charge >= 0.3 is 0 Å². The Bertz CT molecular complexity index is 3160. The van der Waals surface area contributed by atoms with Gasteiger partial charge in [0.25, 0.3) is 0 Å². The Kier molecular flexibility index (Phi) is 6.22. The van der Waals surface area contributed by atoms with Crippen LogP contribution in [0.2, 0.25) is 0 Å². The van der Waals surface area contributed by atoms with Gasteiger partial charge in [0.1, 0.15) is 0 Å². The molecule has 0 atom stereocenters. The molecule has 11 rings (SSSR count). The Morgan fingerprint density at radius 3 is 1.94 bits per heavy atom. The quantitative estimate of drug-likeness (QED) is 0.188. The van der Waals surface area contributed by atoms with Crippen LogP contribution in [0.25, 0.3) is 99.2 Å². The lowest BCUT2D eigenvalue weighted by Gasteiger charge is -2.13. The molecule has 3 aromatic heterocycles. The largest absolute Gasteiger partial charge is 0.316 e. The highest BCUT2D eigenvalue weighted by Crippen LogP contribution is 2.40. The molecular formula is C48H30N4. The first-order valence-electron chi connectivity index (χ1n) is 17.7. The third-order valence-electron chi connectivity index (χ3n) is 10.6. The van der Waals surface area contributed by atoms with Gasteiger partial charge in [-0.25, -0.2) is 9.97 Å². The number of rotatable bonds is 4. The van der Waals surface area contributed by atoms with Crippen LogP contribution in [0.3, 0.4) is 0 Å². The van der Waals surface area contributed by atoms with Crippen LogP contribution in [-0.2, 0) is 0 Å². The van der Waals surface area contributed by atoms with Crippen LogP contribution in [-0.4, -0.2) is 19.1 Å². The van der Waals surface area contributed by atoms with Crippen molar-refractivity contribution in [1.82, 2.24) is 19.1 Å². The molecule has 11 aromatic rings. The van der Waals surface area contributed by atoms with Crippen molar-refractivity contribution >= 4 is 65.2 Å². The van der Waals surface area contributed by atoms with Gasteiger partial charge in [-0.2, -0.15) is 0 Å². The highest BCUT2D eigenvalue weighted by molar-refractivity contribution is 6.23.